The van der Waals surface area contributed by atoms with E-state index in [0.29, 0.717) is 75.4 Å². The van der Waals surface area contributed by atoms with Crippen LogP contribution in [0, 0.1) is 5.92 Å². The summed E-state index contributed by atoms with van der Waals surface area (Å²) in [5.41, 5.74) is 2.41. The third-order valence-electron chi connectivity index (χ3n) is 9.39. The van der Waals surface area contributed by atoms with Crippen molar-refractivity contribution in [3.05, 3.63) is 89.5 Å². The third kappa shape index (κ3) is 8.82. The van der Waals surface area contributed by atoms with Crippen molar-refractivity contribution in [2.45, 2.75) is 83.8 Å². The molecule has 15 nitrogen and oxygen atoms in total. The summed E-state index contributed by atoms with van der Waals surface area (Å²) in [6, 6.07) is 13.9. The zero-order valence-electron chi connectivity index (χ0n) is 29.9. The Labute approximate surface area is 302 Å². The quantitative estimate of drug-likeness (QED) is 0.323. The number of nitrogens with one attached hydrogen (secondary N) is 2. The first kappa shape index (κ1) is 36.2. The van der Waals surface area contributed by atoms with E-state index in [1.165, 1.54) is 4.90 Å². The Hall–Kier alpha value is -5.60. The van der Waals surface area contributed by atoms with Gasteiger partial charge in [-0.15, -0.1) is 10.2 Å². The van der Waals surface area contributed by atoms with Gasteiger partial charge < -0.3 is 25.2 Å². The van der Waals surface area contributed by atoms with Crippen LogP contribution < -0.4 is 15.4 Å². The molecule has 52 heavy (non-hydrogen) atoms. The van der Waals surface area contributed by atoms with Crippen molar-refractivity contribution in [3.63, 3.8) is 0 Å². The molecule has 4 bridgehead atoms. The molecule has 274 valence electrons. The van der Waals surface area contributed by atoms with E-state index in [9.17, 15) is 19.2 Å². The molecule has 1 saturated heterocycles. The fourth-order valence-corrected chi connectivity index (χ4v) is 6.72. The minimum Gasteiger partial charge on any atom is -0.486 e. The van der Waals surface area contributed by atoms with Gasteiger partial charge in [0.05, 0.1) is 24.5 Å². The second-order valence-corrected chi connectivity index (χ2v) is 13.8. The molecule has 15 heteroatoms. The third-order valence-corrected chi connectivity index (χ3v) is 9.39. The number of para-hydroxylation sites is 1. The molecule has 4 amide bonds. The molecule has 6 rings (SSSR count). The molecule has 3 atom stereocenters. The molecule has 0 unspecified atom stereocenters. The minimum atomic E-state index is -0.880. The summed E-state index contributed by atoms with van der Waals surface area (Å²) < 4.78 is 9.39. The van der Waals surface area contributed by atoms with E-state index in [1.807, 2.05) is 50.4 Å². The molecular weight excluding hydrogens is 664 g/mol. The number of rotatable bonds is 4. The highest BCUT2D eigenvalue weighted by Crippen LogP contribution is 2.25. The monoisotopic (exact) mass is 710 g/mol. The van der Waals surface area contributed by atoms with Crippen LogP contribution in [0.4, 0.5) is 0 Å². The van der Waals surface area contributed by atoms with Crippen LogP contribution in [0.25, 0.3) is 0 Å². The summed E-state index contributed by atoms with van der Waals surface area (Å²) in [4.78, 5) is 59.1. The second-order valence-electron chi connectivity index (χ2n) is 13.8. The maximum Gasteiger partial charge on any atom is 0.255 e. The molecule has 0 radical (unpaired) electrons. The van der Waals surface area contributed by atoms with Gasteiger partial charge in [-0.1, -0.05) is 66.7 Å². The number of carbonyl (C=O) groups is 4. The lowest BCUT2D eigenvalue weighted by Crippen LogP contribution is -2.57. The lowest BCUT2D eigenvalue weighted by molar-refractivity contribution is -0.147. The number of benzene rings is 2. The Morgan fingerprint density at radius 2 is 1.60 bits per heavy atom. The maximum atomic E-state index is 14.3. The van der Waals surface area contributed by atoms with Crippen molar-refractivity contribution in [3.8, 4) is 5.75 Å². The Balaban J connectivity index is 1.29. The number of aryl methyl sites for hydroxylation is 1. The molecule has 0 saturated carbocycles. The molecule has 2 aromatic carbocycles. The van der Waals surface area contributed by atoms with Crippen molar-refractivity contribution in [1.29, 1.82) is 0 Å². The fraction of sp³-hybridized carbons (Fsp3) is 0.459. The number of nitrogens with zero attached hydrogens (tertiary/aromatic N) is 8. The molecule has 2 aromatic heterocycles. The Bertz CT molecular complexity index is 1860. The van der Waals surface area contributed by atoms with E-state index in [2.05, 4.69) is 31.3 Å². The molecule has 4 heterocycles. The number of aromatic nitrogens is 6. The van der Waals surface area contributed by atoms with Gasteiger partial charge in [-0.25, -0.2) is 4.68 Å². The number of hydrogen-bond donors (Lipinski definition) is 2. The number of hydrogen-bond acceptors (Lipinski definition) is 9. The summed E-state index contributed by atoms with van der Waals surface area (Å²) >= 11 is 0. The van der Waals surface area contributed by atoms with Crippen molar-refractivity contribution < 1.29 is 23.9 Å². The predicted molar refractivity (Wildman–Crippen MR) is 190 cm³/mol. The standard InChI is InChI=1S/C37H46N10O5/c1-25(2)19-30-36(50)47-18-9-14-31(47)37(51)44(3)32(20-26-11-5-4-6-12-26)35(49)38-16-10-17-45-21-27(40-42-45)22-46-23-28(41-43-46)24-52-33-15-8-7-13-29(33)34(48)39-30/h4-8,11-13,15,21,23,25,30-32H,9-10,14,16-20,22,24H2,1-3H3,(H,38,49)(H,39,48)/t30-,31-,32+/m1/s1. The minimum absolute atomic E-state index is 0.0629. The average molecular weight is 711 g/mol. The normalized spacial score (nSPS) is 21.0. The summed E-state index contributed by atoms with van der Waals surface area (Å²) in [5.74, 6) is -0.988. The van der Waals surface area contributed by atoms with E-state index in [1.54, 1.807) is 51.8 Å². The number of fused-ring (bicyclic) bond motifs is 6. The number of carbonyl (C=O) groups excluding carboxylic acids is 4. The van der Waals surface area contributed by atoms with Gasteiger partial charge in [0.15, 0.2) is 0 Å². The average Bonchev–Trinajstić information content (AvgIpc) is 3.92. The molecule has 0 spiro atoms. The van der Waals surface area contributed by atoms with E-state index in [-0.39, 0.29) is 35.8 Å². The molecule has 2 N–H and O–H groups in total. The molecular formula is C37H46N10O5. The van der Waals surface area contributed by atoms with Crippen LogP contribution in [0.15, 0.2) is 67.0 Å². The first-order valence-electron chi connectivity index (χ1n) is 17.9. The number of ether oxygens (including phenoxy) is 1. The van der Waals surface area contributed by atoms with Gasteiger partial charge in [0.25, 0.3) is 5.91 Å². The molecule has 2 aliphatic rings. The van der Waals surface area contributed by atoms with E-state index < -0.39 is 24.0 Å². The van der Waals surface area contributed by atoms with Crippen molar-refractivity contribution in [1.82, 2.24) is 50.4 Å². The Kier molecular flexibility index (Phi) is 11.6. The predicted octanol–water partition coefficient (Wildman–Crippen LogP) is 2.22. The van der Waals surface area contributed by atoms with E-state index >= 15 is 0 Å². The summed E-state index contributed by atoms with van der Waals surface area (Å²) in [6.45, 7) is 5.61. The van der Waals surface area contributed by atoms with Crippen LogP contribution in [-0.4, -0.2) is 102 Å². The van der Waals surface area contributed by atoms with Crippen molar-refractivity contribution in [2.24, 2.45) is 5.92 Å². The first-order valence-corrected chi connectivity index (χ1v) is 17.9. The van der Waals surface area contributed by atoms with Gasteiger partial charge in [0, 0.05) is 33.1 Å². The van der Waals surface area contributed by atoms with Crippen LogP contribution in [0.5, 0.6) is 5.75 Å². The Morgan fingerprint density at radius 3 is 2.40 bits per heavy atom. The lowest BCUT2D eigenvalue weighted by Gasteiger charge is -2.34. The van der Waals surface area contributed by atoms with Gasteiger partial charge in [-0.2, -0.15) is 0 Å². The van der Waals surface area contributed by atoms with Gasteiger partial charge in [-0.3, -0.25) is 23.9 Å². The highest BCUT2D eigenvalue weighted by atomic mass is 16.5. The summed E-state index contributed by atoms with van der Waals surface area (Å²) in [7, 11) is 1.63. The first-order chi connectivity index (χ1) is 25.2. The number of amides is 4. The largest absolute Gasteiger partial charge is 0.486 e. The van der Waals surface area contributed by atoms with Gasteiger partial charge in [0.1, 0.15) is 41.9 Å². The topological polar surface area (TPSA) is 169 Å². The van der Waals surface area contributed by atoms with Crippen molar-refractivity contribution >= 4 is 23.6 Å². The van der Waals surface area contributed by atoms with Crippen LogP contribution >= 0.6 is 0 Å². The number of likely N-dealkylation sites (N-methyl/N-ethyl adjacent to an activating group) is 1. The van der Waals surface area contributed by atoms with Crippen LogP contribution in [0.3, 0.4) is 0 Å². The molecule has 2 aliphatic heterocycles. The van der Waals surface area contributed by atoms with Gasteiger partial charge >= 0.3 is 0 Å². The fourth-order valence-electron chi connectivity index (χ4n) is 6.72. The van der Waals surface area contributed by atoms with Crippen LogP contribution in [0.1, 0.15) is 66.8 Å². The lowest BCUT2D eigenvalue weighted by atomic mass is 10.0. The Morgan fingerprint density at radius 1 is 0.865 bits per heavy atom. The second kappa shape index (κ2) is 16.6. The van der Waals surface area contributed by atoms with Crippen LogP contribution in [-0.2, 0) is 40.5 Å². The molecule has 0 aliphatic carbocycles. The summed E-state index contributed by atoms with van der Waals surface area (Å²) in [6.07, 6.45) is 5.91. The zero-order valence-corrected chi connectivity index (χ0v) is 29.9. The van der Waals surface area contributed by atoms with E-state index in [0.717, 1.165) is 5.56 Å². The maximum absolute atomic E-state index is 14.3. The van der Waals surface area contributed by atoms with Crippen molar-refractivity contribution in [2.75, 3.05) is 20.1 Å². The zero-order chi connectivity index (χ0) is 36.6. The molecule has 4 aromatic rings. The van der Waals surface area contributed by atoms with Gasteiger partial charge in [0.2, 0.25) is 17.7 Å². The highest BCUT2D eigenvalue weighted by molar-refractivity contribution is 6.00. The SMILES string of the molecule is CC(C)C[C@H]1NC(=O)c2ccccc2OCc2cn(nn2)Cc2cn(nn2)CCCNC(=O)[C@H](Cc2ccccc2)N(C)C(=O)[C@H]2CCCN2C1=O. The van der Waals surface area contributed by atoms with Crippen LogP contribution in [0.2, 0.25) is 0 Å². The highest BCUT2D eigenvalue weighted by Gasteiger charge is 2.41. The smallest absolute Gasteiger partial charge is 0.255 e. The van der Waals surface area contributed by atoms with E-state index in [4.69, 9.17) is 4.74 Å². The summed E-state index contributed by atoms with van der Waals surface area (Å²) in [5, 5.41) is 22.8. The van der Waals surface area contributed by atoms with Gasteiger partial charge in [-0.05, 0) is 49.3 Å². The molecule has 1 fully saturated rings.